The van der Waals surface area contributed by atoms with E-state index in [9.17, 15) is 9.59 Å². The fraction of sp³-hybridized carbons (Fsp3) is 0.182. The molecule has 0 spiro atoms. The molecule has 2 N–H and O–H groups in total. The average molecular weight is 327 g/mol. The third-order valence-electron chi connectivity index (χ3n) is 2.16. The number of urea groups is 1. The lowest BCUT2D eigenvalue weighted by Crippen LogP contribution is -2.40. The van der Waals surface area contributed by atoms with Gasteiger partial charge in [-0.25, -0.2) is 4.79 Å². The lowest BCUT2D eigenvalue weighted by molar-refractivity contribution is -0.120. The molecule has 2 heterocycles. The molecule has 0 aliphatic heterocycles. The number of imide groups is 1. The van der Waals surface area contributed by atoms with Crippen molar-refractivity contribution in [3.05, 3.63) is 41.0 Å². The van der Waals surface area contributed by atoms with Crippen molar-refractivity contribution in [2.24, 2.45) is 0 Å². The zero-order valence-corrected chi connectivity index (χ0v) is 11.4. The van der Waals surface area contributed by atoms with E-state index in [1.807, 2.05) is 0 Å². The maximum Gasteiger partial charge on any atom is 0.321 e. The lowest BCUT2D eigenvalue weighted by atomic mass is 10.4. The highest BCUT2D eigenvalue weighted by Gasteiger charge is 2.09. The van der Waals surface area contributed by atoms with E-state index in [1.54, 1.807) is 24.5 Å². The molecule has 0 aliphatic carbocycles. The molecule has 0 atom stereocenters. The third-order valence-corrected chi connectivity index (χ3v) is 2.57. The number of furan rings is 1. The Kier molecular flexibility index (Phi) is 4.35. The van der Waals surface area contributed by atoms with Crippen molar-refractivity contribution < 1.29 is 14.0 Å². The molecule has 8 heteroatoms. The summed E-state index contributed by atoms with van der Waals surface area (Å²) in [6.45, 7) is 0.194. The second-order valence-electron chi connectivity index (χ2n) is 3.67. The van der Waals surface area contributed by atoms with Crippen molar-refractivity contribution in [1.82, 2.24) is 20.4 Å². The van der Waals surface area contributed by atoms with Crippen molar-refractivity contribution in [2.45, 2.75) is 13.1 Å². The monoisotopic (exact) mass is 326 g/mol. The van der Waals surface area contributed by atoms with E-state index in [0.29, 0.717) is 5.76 Å². The molecule has 0 fully saturated rings. The Hall–Kier alpha value is -2.09. The average Bonchev–Trinajstić information content (AvgIpc) is 2.98. The first-order valence-electron chi connectivity index (χ1n) is 5.41. The number of rotatable bonds is 4. The molecule has 100 valence electrons. The molecule has 7 nitrogen and oxygen atoms in total. The zero-order chi connectivity index (χ0) is 13.7. The largest absolute Gasteiger partial charge is 0.467 e. The van der Waals surface area contributed by atoms with Gasteiger partial charge in [0, 0.05) is 6.20 Å². The van der Waals surface area contributed by atoms with Crippen molar-refractivity contribution >= 4 is 27.9 Å². The summed E-state index contributed by atoms with van der Waals surface area (Å²) >= 11 is 3.22. The minimum absolute atomic E-state index is 0.0280. The molecular weight excluding hydrogens is 316 g/mol. The van der Waals surface area contributed by atoms with Crippen LogP contribution in [0.4, 0.5) is 4.79 Å². The summed E-state index contributed by atoms with van der Waals surface area (Å²) in [4.78, 5) is 22.9. The van der Waals surface area contributed by atoms with Crippen molar-refractivity contribution in [1.29, 1.82) is 0 Å². The molecule has 3 amide bonds. The number of hydrogen-bond donors (Lipinski definition) is 2. The van der Waals surface area contributed by atoms with E-state index < -0.39 is 11.9 Å². The van der Waals surface area contributed by atoms with Gasteiger partial charge in [0.1, 0.15) is 12.3 Å². The van der Waals surface area contributed by atoms with Gasteiger partial charge < -0.3 is 9.73 Å². The Bertz CT molecular complexity index is 564. The van der Waals surface area contributed by atoms with Crippen molar-refractivity contribution in [3.8, 4) is 0 Å². The van der Waals surface area contributed by atoms with E-state index in [0.717, 1.165) is 4.47 Å². The van der Waals surface area contributed by atoms with Gasteiger partial charge in [0.25, 0.3) is 0 Å². The Morgan fingerprint density at radius 2 is 2.32 bits per heavy atom. The summed E-state index contributed by atoms with van der Waals surface area (Å²) in [5.41, 5.74) is 0. The van der Waals surface area contributed by atoms with E-state index in [4.69, 9.17) is 4.42 Å². The number of carbonyl (C=O) groups is 2. The fourth-order valence-corrected chi connectivity index (χ4v) is 1.69. The summed E-state index contributed by atoms with van der Waals surface area (Å²) in [6.07, 6.45) is 4.71. The maximum atomic E-state index is 11.5. The van der Waals surface area contributed by atoms with Gasteiger partial charge in [0.2, 0.25) is 5.91 Å². The van der Waals surface area contributed by atoms with Crippen LogP contribution in [-0.2, 0) is 17.9 Å². The van der Waals surface area contributed by atoms with Gasteiger partial charge >= 0.3 is 6.03 Å². The van der Waals surface area contributed by atoms with Crippen LogP contribution in [0, 0.1) is 0 Å². The number of amides is 3. The normalized spacial score (nSPS) is 10.2. The highest BCUT2D eigenvalue weighted by Crippen LogP contribution is 2.05. The second kappa shape index (κ2) is 6.19. The first-order valence-corrected chi connectivity index (χ1v) is 6.21. The molecule has 2 aromatic heterocycles. The molecule has 0 saturated carbocycles. The molecule has 19 heavy (non-hydrogen) atoms. The first-order chi connectivity index (χ1) is 9.13. The van der Waals surface area contributed by atoms with Crippen LogP contribution in [0.2, 0.25) is 0 Å². The van der Waals surface area contributed by atoms with Crippen LogP contribution in [0.1, 0.15) is 5.76 Å². The molecule has 0 aliphatic rings. The predicted molar refractivity (Wildman–Crippen MR) is 69.0 cm³/mol. The summed E-state index contributed by atoms with van der Waals surface area (Å²) < 4.78 is 7.22. The molecule has 2 aromatic rings. The summed E-state index contributed by atoms with van der Waals surface area (Å²) in [7, 11) is 0. The number of hydrogen-bond acceptors (Lipinski definition) is 4. The summed E-state index contributed by atoms with van der Waals surface area (Å²) in [5, 5.41) is 8.61. The highest BCUT2D eigenvalue weighted by atomic mass is 79.9. The molecule has 0 radical (unpaired) electrons. The fourth-order valence-electron chi connectivity index (χ4n) is 1.36. The second-order valence-corrected chi connectivity index (χ2v) is 4.58. The van der Waals surface area contributed by atoms with Gasteiger partial charge in [-0.2, -0.15) is 5.10 Å². The number of aromatic nitrogens is 2. The quantitative estimate of drug-likeness (QED) is 0.885. The maximum absolute atomic E-state index is 11.5. The zero-order valence-electron chi connectivity index (χ0n) is 9.80. The van der Waals surface area contributed by atoms with E-state index in [-0.39, 0.29) is 13.1 Å². The first kappa shape index (κ1) is 13.3. The van der Waals surface area contributed by atoms with E-state index in [1.165, 1.54) is 10.9 Å². The highest BCUT2D eigenvalue weighted by molar-refractivity contribution is 9.10. The molecule has 0 saturated heterocycles. The Balaban J connectivity index is 1.74. The summed E-state index contributed by atoms with van der Waals surface area (Å²) in [5.74, 6) is 0.158. The number of carbonyl (C=O) groups excluding carboxylic acids is 2. The lowest BCUT2D eigenvalue weighted by Gasteiger charge is -2.05. The van der Waals surface area contributed by atoms with Crippen LogP contribution >= 0.6 is 15.9 Å². The Morgan fingerprint density at radius 1 is 1.47 bits per heavy atom. The summed E-state index contributed by atoms with van der Waals surface area (Å²) in [6, 6.07) is 2.87. The van der Waals surface area contributed by atoms with Crippen LogP contribution in [0.25, 0.3) is 0 Å². The van der Waals surface area contributed by atoms with Gasteiger partial charge in [-0.1, -0.05) is 0 Å². The predicted octanol–water partition coefficient (Wildman–Crippen LogP) is 1.26. The van der Waals surface area contributed by atoms with Gasteiger partial charge in [-0.05, 0) is 28.1 Å². The molecule has 2 rings (SSSR count). The SMILES string of the molecule is O=C(Cn1cc(Br)cn1)NC(=O)NCc1ccco1. The van der Waals surface area contributed by atoms with Gasteiger partial charge in [-0.15, -0.1) is 0 Å². The van der Waals surface area contributed by atoms with E-state index >= 15 is 0 Å². The van der Waals surface area contributed by atoms with Gasteiger partial charge in [0.15, 0.2) is 0 Å². The third kappa shape index (κ3) is 4.25. The molecular formula is C11H11BrN4O3. The minimum atomic E-state index is -0.576. The van der Waals surface area contributed by atoms with Crippen LogP contribution < -0.4 is 10.6 Å². The van der Waals surface area contributed by atoms with Gasteiger partial charge in [0.05, 0.1) is 23.5 Å². The molecule has 0 unspecified atom stereocenters. The van der Waals surface area contributed by atoms with Crippen LogP contribution in [0.3, 0.4) is 0 Å². The van der Waals surface area contributed by atoms with Crippen LogP contribution in [0.5, 0.6) is 0 Å². The minimum Gasteiger partial charge on any atom is -0.467 e. The van der Waals surface area contributed by atoms with Crippen molar-refractivity contribution in [2.75, 3.05) is 0 Å². The van der Waals surface area contributed by atoms with Crippen molar-refractivity contribution in [3.63, 3.8) is 0 Å². The topological polar surface area (TPSA) is 89.2 Å². The Morgan fingerprint density at radius 3 is 2.95 bits per heavy atom. The van der Waals surface area contributed by atoms with Crippen LogP contribution in [0.15, 0.2) is 39.7 Å². The number of halogens is 1. The van der Waals surface area contributed by atoms with E-state index in [2.05, 4.69) is 31.7 Å². The number of nitrogens with one attached hydrogen (secondary N) is 2. The standard InChI is InChI=1S/C11H11BrN4O3/c12-8-4-14-16(6-8)7-10(17)15-11(18)13-5-9-2-1-3-19-9/h1-4,6H,5,7H2,(H2,13,15,17,18). The van der Waals surface area contributed by atoms with Crippen LogP contribution in [-0.4, -0.2) is 21.7 Å². The molecule has 0 bridgehead atoms. The molecule has 0 aromatic carbocycles. The van der Waals surface area contributed by atoms with Gasteiger partial charge in [-0.3, -0.25) is 14.8 Å². The Labute approximate surface area is 117 Å². The smallest absolute Gasteiger partial charge is 0.321 e. The number of nitrogens with zero attached hydrogens (tertiary/aromatic N) is 2.